The van der Waals surface area contributed by atoms with Crippen molar-refractivity contribution in [2.45, 2.75) is 37.8 Å². The molecule has 1 heterocycles. The second-order valence-electron chi connectivity index (χ2n) is 6.21. The Bertz CT molecular complexity index is 427. The van der Waals surface area contributed by atoms with Crippen molar-refractivity contribution in [2.75, 3.05) is 27.2 Å². The quantitative estimate of drug-likeness (QED) is 0.798. The minimum absolute atomic E-state index is 0.163. The first-order valence-corrected chi connectivity index (χ1v) is 7.85. The van der Waals surface area contributed by atoms with Crippen LogP contribution in [0, 0.1) is 0 Å². The van der Waals surface area contributed by atoms with Crippen LogP contribution in [0.4, 0.5) is 0 Å². The molecule has 1 aromatic carbocycles. The fourth-order valence-electron chi connectivity index (χ4n) is 2.94. The molecule has 0 radical (unpaired) electrons. The average Bonchev–Trinajstić information content (AvgIpc) is 2.91. The largest absolute Gasteiger partial charge is 0.352 e. The van der Waals surface area contributed by atoms with Gasteiger partial charge in [-0.15, -0.1) is 0 Å². The highest BCUT2D eigenvalue weighted by Crippen LogP contribution is 2.09. The third-order valence-corrected chi connectivity index (χ3v) is 3.87. The van der Waals surface area contributed by atoms with E-state index >= 15 is 0 Å². The monoisotopic (exact) mass is 289 g/mol. The highest BCUT2D eigenvalue weighted by molar-refractivity contribution is 5.77. The molecule has 2 atom stereocenters. The smallest absolute Gasteiger partial charge is 0.221 e. The van der Waals surface area contributed by atoms with Crippen LogP contribution in [-0.2, 0) is 11.2 Å². The molecule has 116 valence electrons. The van der Waals surface area contributed by atoms with Crippen molar-refractivity contribution in [3.05, 3.63) is 35.9 Å². The SMILES string of the molecule is CN(C)CC(Cc1ccccc1)NC(=O)CC1CCCN1. The van der Waals surface area contributed by atoms with Crippen molar-refractivity contribution in [1.82, 2.24) is 15.5 Å². The molecule has 0 aromatic heterocycles. The Balaban J connectivity index is 1.87. The van der Waals surface area contributed by atoms with Gasteiger partial charge in [-0.1, -0.05) is 30.3 Å². The number of nitrogens with zero attached hydrogens (tertiary/aromatic N) is 1. The second kappa shape index (κ2) is 8.15. The maximum atomic E-state index is 12.2. The molecule has 1 amide bonds. The maximum Gasteiger partial charge on any atom is 0.221 e. The zero-order valence-corrected chi connectivity index (χ0v) is 13.1. The van der Waals surface area contributed by atoms with E-state index in [-0.39, 0.29) is 11.9 Å². The Morgan fingerprint density at radius 3 is 2.76 bits per heavy atom. The summed E-state index contributed by atoms with van der Waals surface area (Å²) in [5.41, 5.74) is 1.27. The highest BCUT2D eigenvalue weighted by Gasteiger charge is 2.20. The Morgan fingerprint density at radius 1 is 1.38 bits per heavy atom. The van der Waals surface area contributed by atoms with Gasteiger partial charge in [-0.3, -0.25) is 4.79 Å². The first-order valence-electron chi connectivity index (χ1n) is 7.85. The summed E-state index contributed by atoms with van der Waals surface area (Å²) in [4.78, 5) is 14.3. The first kappa shape index (κ1) is 16.0. The van der Waals surface area contributed by atoms with Gasteiger partial charge in [0.1, 0.15) is 0 Å². The van der Waals surface area contributed by atoms with Gasteiger partial charge in [0.2, 0.25) is 5.91 Å². The average molecular weight is 289 g/mol. The lowest BCUT2D eigenvalue weighted by atomic mass is 10.0. The van der Waals surface area contributed by atoms with Gasteiger partial charge in [0, 0.05) is 25.0 Å². The third-order valence-electron chi connectivity index (χ3n) is 3.87. The van der Waals surface area contributed by atoms with Gasteiger partial charge < -0.3 is 15.5 Å². The topological polar surface area (TPSA) is 44.4 Å². The molecule has 2 rings (SSSR count). The third kappa shape index (κ3) is 5.86. The minimum Gasteiger partial charge on any atom is -0.352 e. The lowest BCUT2D eigenvalue weighted by Gasteiger charge is -2.23. The highest BCUT2D eigenvalue weighted by atomic mass is 16.1. The van der Waals surface area contributed by atoms with Crippen molar-refractivity contribution < 1.29 is 4.79 Å². The van der Waals surface area contributed by atoms with Gasteiger partial charge in [-0.25, -0.2) is 0 Å². The maximum absolute atomic E-state index is 12.2. The zero-order valence-electron chi connectivity index (χ0n) is 13.1. The number of carbonyl (C=O) groups is 1. The number of hydrogen-bond donors (Lipinski definition) is 2. The van der Waals surface area contributed by atoms with Crippen LogP contribution in [0.5, 0.6) is 0 Å². The van der Waals surface area contributed by atoms with Crippen molar-refractivity contribution in [2.24, 2.45) is 0 Å². The van der Waals surface area contributed by atoms with Gasteiger partial charge in [-0.2, -0.15) is 0 Å². The summed E-state index contributed by atoms with van der Waals surface area (Å²) in [6, 6.07) is 10.9. The van der Waals surface area contributed by atoms with Crippen molar-refractivity contribution in [3.8, 4) is 0 Å². The molecule has 1 aromatic rings. The van der Waals surface area contributed by atoms with Crippen LogP contribution >= 0.6 is 0 Å². The lowest BCUT2D eigenvalue weighted by Crippen LogP contribution is -2.44. The van der Waals surface area contributed by atoms with E-state index in [0.29, 0.717) is 12.5 Å². The molecule has 1 fully saturated rings. The zero-order chi connectivity index (χ0) is 15.1. The van der Waals surface area contributed by atoms with E-state index in [9.17, 15) is 4.79 Å². The van der Waals surface area contributed by atoms with E-state index in [2.05, 4.69) is 27.7 Å². The summed E-state index contributed by atoms with van der Waals surface area (Å²) in [6.45, 7) is 1.90. The predicted octanol–water partition coefficient (Wildman–Crippen LogP) is 1.42. The predicted molar refractivity (Wildman–Crippen MR) is 86.3 cm³/mol. The molecule has 2 N–H and O–H groups in total. The number of hydrogen-bond acceptors (Lipinski definition) is 3. The molecular formula is C17H27N3O. The van der Waals surface area contributed by atoms with Gasteiger partial charge in [0.05, 0.1) is 0 Å². The Labute approximate surface area is 127 Å². The Kier molecular flexibility index (Phi) is 6.21. The van der Waals surface area contributed by atoms with Crippen LogP contribution in [0.2, 0.25) is 0 Å². The molecule has 21 heavy (non-hydrogen) atoms. The van der Waals surface area contributed by atoms with Crippen LogP contribution in [0.25, 0.3) is 0 Å². The minimum atomic E-state index is 0.163. The lowest BCUT2D eigenvalue weighted by molar-refractivity contribution is -0.122. The number of rotatable bonds is 7. The summed E-state index contributed by atoms with van der Waals surface area (Å²) in [5.74, 6) is 0.164. The Hall–Kier alpha value is -1.39. The Morgan fingerprint density at radius 2 is 2.14 bits per heavy atom. The molecule has 1 saturated heterocycles. The van der Waals surface area contributed by atoms with Gasteiger partial charge in [0.25, 0.3) is 0 Å². The molecule has 1 aliphatic heterocycles. The summed E-state index contributed by atoms with van der Waals surface area (Å²) in [5, 5.41) is 6.58. The van der Waals surface area contributed by atoms with Crippen LogP contribution in [0.1, 0.15) is 24.8 Å². The standard InChI is InChI=1S/C17H27N3O/c1-20(2)13-16(11-14-7-4-3-5-8-14)19-17(21)12-15-9-6-10-18-15/h3-5,7-8,15-16,18H,6,9-13H2,1-2H3,(H,19,21). The number of likely N-dealkylation sites (N-methyl/N-ethyl adjacent to an activating group) is 1. The molecule has 2 unspecified atom stereocenters. The van der Waals surface area contributed by atoms with Crippen LogP contribution in [0.3, 0.4) is 0 Å². The fraction of sp³-hybridized carbons (Fsp3) is 0.588. The van der Waals surface area contributed by atoms with Crippen LogP contribution < -0.4 is 10.6 Å². The normalized spacial score (nSPS) is 19.7. The van der Waals surface area contributed by atoms with Crippen LogP contribution in [-0.4, -0.2) is 50.1 Å². The van der Waals surface area contributed by atoms with Crippen molar-refractivity contribution >= 4 is 5.91 Å². The van der Waals surface area contributed by atoms with E-state index in [0.717, 1.165) is 25.9 Å². The summed E-state index contributed by atoms with van der Waals surface area (Å²) in [6.07, 6.45) is 3.77. The molecule has 4 nitrogen and oxygen atoms in total. The number of benzene rings is 1. The molecule has 0 aliphatic carbocycles. The van der Waals surface area contributed by atoms with E-state index in [4.69, 9.17) is 0 Å². The second-order valence-corrected chi connectivity index (χ2v) is 6.21. The number of carbonyl (C=O) groups excluding carboxylic acids is 1. The summed E-state index contributed by atoms with van der Waals surface area (Å²) >= 11 is 0. The van der Waals surface area contributed by atoms with Gasteiger partial charge in [0.15, 0.2) is 0 Å². The van der Waals surface area contributed by atoms with Gasteiger partial charge in [-0.05, 0) is 45.5 Å². The molecule has 0 bridgehead atoms. The molecule has 0 spiro atoms. The fourth-order valence-corrected chi connectivity index (χ4v) is 2.94. The van der Waals surface area contributed by atoms with Gasteiger partial charge >= 0.3 is 0 Å². The number of amides is 1. The van der Waals surface area contributed by atoms with E-state index in [1.165, 1.54) is 12.0 Å². The molecule has 0 saturated carbocycles. The summed E-state index contributed by atoms with van der Waals surface area (Å²) in [7, 11) is 4.09. The molecule has 4 heteroatoms. The molecular weight excluding hydrogens is 262 g/mol. The van der Waals surface area contributed by atoms with Crippen molar-refractivity contribution in [3.63, 3.8) is 0 Å². The van der Waals surface area contributed by atoms with Crippen LogP contribution in [0.15, 0.2) is 30.3 Å². The number of nitrogens with one attached hydrogen (secondary N) is 2. The van der Waals surface area contributed by atoms with E-state index in [1.54, 1.807) is 0 Å². The molecule has 1 aliphatic rings. The van der Waals surface area contributed by atoms with Crippen molar-refractivity contribution in [1.29, 1.82) is 0 Å². The first-order chi connectivity index (χ1) is 10.1. The summed E-state index contributed by atoms with van der Waals surface area (Å²) < 4.78 is 0. The van der Waals surface area contributed by atoms with E-state index < -0.39 is 0 Å². The van der Waals surface area contributed by atoms with E-state index in [1.807, 2.05) is 32.3 Å².